The van der Waals surface area contributed by atoms with Crippen molar-refractivity contribution in [1.29, 1.82) is 0 Å². The van der Waals surface area contributed by atoms with E-state index < -0.39 is 28.6 Å². The van der Waals surface area contributed by atoms with Gasteiger partial charge in [0.05, 0.1) is 6.20 Å². The van der Waals surface area contributed by atoms with Gasteiger partial charge < -0.3 is 5.11 Å². The number of carboxylic acids is 1. The number of hydrogen-bond acceptors (Lipinski definition) is 5. The third-order valence-corrected chi connectivity index (χ3v) is 4.23. The lowest BCUT2D eigenvalue weighted by Crippen LogP contribution is -2.26. The van der Waals surface area contributed by atoms with Crippen molar-refractivity contribution in [2.24, 2.45) is 0 Å². The van der Waals surface area contributed by atoms with E-state index in [0.29, 0.717) is 0 Å². The standard InChI is InChI=1S/C12H14N4O4S/c1-9(10-3-2-4-13-5-10)15-21(19,20)11-6-14-16(7-11)8-12(17)18/h2-7,9,15H,8H2,1H3,(H,17,18). The van der Waals surface area contributed by atoms with Crippen molar-refractivity contribution in [2.45, 2.75) is 24.4 Å². The second-order valence-electron chi connectivity index (χ2n) is 4.40. The lowest BCUT2D eigenvalue weighted by Gasteiger charge is -2.13. The number of nitrogens with zero attached hydrogens (tertiary/aromatic N) is 3. The smallest absolute Gasteiger partial charge is 0.325 e. The molecule has 0 saturated heterocycles. The third-order valence-electron chi connectivity index (χ3n) is 2.73. The number of aromatic nitrogens is 3. The molecule has 2 aromatic heterocycles. The van der Waals surface area contributed by atoms with E-state index in [2.05, 4.69) is 14.8 Å². The zero-order chi connectivity index (χ0) is 15.5. The van der Waals surface area contributed by atoms with Crippen LogP contribution >= 0.6 is 0 Å². The van der Waals surface area contributed by atoms with E-state index in [1.807, 2.05) is 0 Å². The van der Waals surface area contributed by atoms with E-state index in [0.717, 1.165) is 16.4 Å². The molecule has 0 saturated carbocycles. The van der Waals surface area contributed by atoms with Gasteiger partial charge in [0.25, 0.3) is 0 Å². The Bertz CT molecular complexity index is 727. The summed E-state index contributed by atoms with van der Waals surface area (Å²) >= 11 is 0. The first-order chi connectivity index (χ1) is 9.88. The van der Waals surface area contributed by atoms with Crippen molar-refractivity contribution < 1.29 is 18.3 Å². The molecule has 2 heterocycles. The van der Waals surface area contributed by atoms with Gasteiger partial charge in [0, 0.05) is 24.6 Å². The second kappa shape index (κ2) is 6.02. The van der Waals surface area contributed by atoms with E-state index in [-0.39, 0.29) is 4.90 Å². The van der Waals surface area contributed by atoms with Gasteiger partial charge in [-0.3, -0.25) is 14.5 Å². The summed E-state index contributed by atoms with van der Waals surface area (Å²) in [4.78, 5) is 14.4. The third kappa shape index (κ3) is 3.86. The summed E-state index contributed by atoms with van der Waals surface area (Å²) in [6, 6.07) is 3.01. The van der Waals surface area contributed by atoms with Crippen LogP contribution in [0.2, 0.25) is 0 Å². The van der Waals surface area contributed by atoms with Gasteiger partial charge in [-0.15, -0.1) is 0 Å². The highest BCUT2D eigenvalue weighted by Crippen LogP contribution is 2.15. The molecule has 9 heteroatoms. The Balaban J connectivity index is 2.15. The summed E-state index contributed by atoms with van der Waals surface area (Å²) in [7, 11) is -3.78. The molecular weight excluding hydrogens is 296 g/mol. The molecule has 0 aromatic carbocycles. The highest BCUT2D eigenvalue weighted by molar-refractivity contribution is 7.89. The zero-order valence-corrected chi connectivity index (χ0v) is 12.0. The Labute approximate surface area is 121 Å². The zero-order valence-electron chi connectivity index (χ0n) is 11.2. The Morgan fingerprint density at radius 3 is 2.86 bits per heavy atom. The maximum atomic E-state index is 12.2. The van der Waals surface area contributed by atoms with Gasteiger partial charge in [0.1, 0.15) is 11.4 Å². The summed E-state index contributed by atoms with van der Waals surface area (Å²) in [5.74, 6) is -1.10. The van der Waals surface area contributed by atoms with E-state index in [9.17, 15) is 13.2 Å². The normalized spacial score (nSPS) is 13.0. The first-order valence-corrected chi connectivity index (χ1v) is 7.53. The van der Waals surface area contributed by atoms with Crippen molar-refractivity contribution >= 4 is 16.0 Å². The van der Waals surface area contributed by atoms with Crippen molar-refractivity contribution in [3.63, 3.8) is 0 Å². The SMILES string of the molecule is CC(NS(=O)(=O)c1cnn(CC(=O)O)c1)c1cccnc1. The molecule has 1 unspecified atom stereocenters. The lowest BCUT2D eigenvalue weighted by molar-refractivity contribution is -0.137. The van der Waals surface area contributed by atoms with Crippen molar-refractivity contribution in [2.75, 3.05) is 0 Å². The molecule has 0 bridgehead atoms. The molecular formula is C12H14N4O4S. The number of hydrogen-bond donors (Lipinski definition) is 2. The predicted molar refractivity (Wildman–Crippen MR) is 72.8 cm³/mol. The summed E-state index contributed by atoms with van der Waals surface area (Å²) in [5.41, 5.74) is 0.721. The van der Waals surface area contributed by atoms with Gasteiger partial charge in [0.15, 0.2) is 0 Å². The number of nitrogens with one attached hydrogen (secondary N) is 1. The predicted octanol–water partition coefficient (Wildman–Crippen LogP) is 0.402. The minimum atomic E-state index is -3.78. The molecule has 112 valence electrons. The molecule has 1 atom stereocenters. The van der Waals surface area contributed by atoms with Gasteiger partial charge in [0.2, 0.25) is 10.0 Å². The molecule has 0 aliphatic heterocycles. The van der Waals surface area contributed by atoms with Crippen LogP contribution in [0.5, 0.6) is 0 Å². The van der Waals surface area contributed by atoms with Crippen LogP contribution in [0.15, 0.2) is 41.8 Å². The Morgan fingerprint density at radius 2 is 2.24 bits per heavy atom. The van der Waals surface area contributed by atoms with Crippen molar-refractivity contribution in [1.82, 2.24) is 19.5 Å². The van der Waals surface area contributed by atoms with Crippen LogP contribution in [0.3, 0.4) is 0 Å². The van der Waals surface area contributed by atoms with Gasteiger partial charge in [-0.1, -0.05) is 6.07 Å². The molecule has 2 N–H and O–H groups in total. The fraction of sp³-hybridized carbons (Fsp3) is 0.250. The molecule has 21 heavy (non-hydrogen) atoms. The number of carbonyl (C=O) groups is 1. The van der Waals surface area contributed by atoms with Crippen LogP contribution in [0.4, 0.5) is 0 Å². The minimum Gasteiger partial charge on any atom is -0.480 e. The summed E-state index contributed by atoms with van der Waals surface area (Å²) in [5, 5.41) is 12.3. The Kier molecular flexibility index (Phi) is 4.34. The maximum Gasteiger partial charge on any atom is 0.325 e. The maximum absolute atomic E-state index is 12.2. The number of pyridine rings is 1. The number of aliphatic carboxylic acids is 1. The molecule has 2 aromatic rings. The summed E-state index contributed by atoms with van der Waals surface area (Å²) < 4.78 is 27.9. The van der Waals surface area contributed by atoms with E-state index in [1.165, 1.54) is 6.20 Å². The molecule has 0 aliphatic rings. The van der Waals surface area contributed by atoms with Gasteiger partial charge in [-0.2, -0.15) is 5.10 Å². The summed E-state index contributed by atoms with van der Waals surface area (Å²) in [6.45, 7) is 1.30. The number of sulfonamides is 1. The average Bonchev–Trinajstić information content (AvgIpc) is 2.88. The lowest BCUT2D eigenvalue weighted by atomic mass is 10.2. The number of carboxylic acid groups (broad SMARTS) is 1. The van der Waals surface area contributed by atoms with Crippen LogP contribution in [0.1, 0.15) is 18.5 Å². The Morgan fingerprint density at radius 1 is 1.48 bits per heavy atom. The molecule has 2 rings (SSSR count). The first-order valence-electron chi connectivity index (χ1n) is 6.05. The monoisotopic (exact) mass is 310 g/mol. The van der Waals surface area contributed by atoms with Crippen LogP contribution in [0.25, 0.3) is 0 Å². The van der Waals surface area contributed by atoms with Crippen molar-refractivity contribution in [3.8, 4) is 0 Å². The molecule has 0 aliphatic carbocycles. The van der Waals surface area contributed by atoms with Crippen LogP contribution in [0, 0.1) is 0 Å². The minimum absolute atomic E-state index is 0.0838. The molecule has 0 fully saturated rings. The second-order valence-corrected chi connectivity index (χ2v) is 6.11. The quantitative estimate of drug-likeness (QED) is 0.798. The largest absolute Gasteiger partial charge is 0.480 e. The van der Waals surface area contributed by atoms with E-state index in [1.54, 1.807) is 31.5 Å². The highest BCUT2D eigenvalue weighted by Gasteiger charge is 2.20. The average molecular weight is 310 g/mol. The van der Waals surface area contributed by atoms with E-state index in [4.69, 9.17) is 5.11 Å². The fourth-order valence-electron chi connectivity index (χ4n) is 1.71. The molecule has 0 spiro atoms. The topological polar surface area (TPSA) is 114 Å². The summed E-state index contributed by atoms with van der Waals surface area (Å²) in [6.07, 6.45) is 5.45. The van der Waals surface area contributed by atoms with Crippen LogP contribution in [-0.2, 0) is 21.4 Å². The van der Waals surface area contributed by atoms with Gasteiger partial charge in [-0.25, -0.2) is 13.1 Å². The first kappa shape index (κ1) is 15.1. The molecule has 8 nitrogen and oxygen atoms in total. The van der Waals surface area contributed by atoms with Crippen molar-refractivity contribution in [3.05, 3.63) is 42.5 Å². The van der Waals surface area contributed by atoms with Gasteiger partial charge in [-0.05, 0) is 18.6 Å². The van der Waals surface area contributed by atoms with Crippen LogP contribution < -0.4 is 4.72 Å². The Hall–Kier alpha value is -2.26. The highest BCUT2D eigenvalue weighted by atomic mass is 32.2. The van der Waals surface area contributed by atoms with Crippen LogP contribution in [-0.4, -0.2) is 34.3 Å². The number of rotatable bonds is 6. The molecule has 0 amide bonds. The fourth-order valence-corrected chi connectivity index (χ4v) is 2.89. The van der Waals surface area contributed by atoms with Gasteiger partial charge >= 0.3 is 5.97 Å². The van der Waals surface area contributed by atoms with E-state index >= 15 is 0 Å². The molecule has 0 radical (unpaired) electrons.